The van der Waals surface area contributed by atoms with Crippen molar-refractivity contribution in [3.63, 3.8) is 0 Å². The lowest BCUT2D eigenvalue weighted by molar-refractivity contribution is 1.47. The highest BCUT2D eigenvalue weighted by molar-refractivity contribution is 8.07. The highest BCUT2D eigenvalue weighted by Crippen LogP contribution is 2.32. The maximum absolute atomic E-state index is 6.17. The average molecular weight is 279 g/mol. The van der Waals surface area contributed by atoms with Gasteiger partial charge in [0.25, 0.3) is 0 Å². The van der Waals surface area contributed by atoms with E-state index in [2.05, 4.69) is 12.1 Å². The molecule has 0 nitrogen and oxygen atoms in total. The van der Waals surface area contributed by atoms with Gasteiger partial charge in [0.1, 0.15) is 0 Å². The zero-order valence-electron chi connectivity index (χ0n) is 9.05. The van der Waals surface area contributed by atoms with Gasteiger partial charge >= 0.3 is 0 Å². The molecule has 2 aromatic rings. The van der Waals surface area contributed by atoms with Crippen LogP contribution in [0.5, 0.6) is 0 Å². The standard InChI is InChI=1S/C14H11ClS2/c15-14(17-13-9-5-2-6-10-13)11-16-12-7-3-1-4-8-12/h1-11H/b14-11-. The Kier molecular flexibility index (Phi) is 5.05. The summed E-state index contributed by atoms with van der Waals surface area (Å²) < 4.78 is 0.782. The third-order valence-electron chi connectivity index (χ3n) is 1.99. The smallest absolute Gasteiger partial charge is 0.0849 e. The second-order valence-electron chi connectivity index (χ2n) is 3.27. The summed E-state index contributed by atoms with van der Waals surface area (Å²) >= 11 is 9.37. The van der Waals surface area contributed by atoms with Crippen molar-refractivity contribution in [3.8, 4) is 0 Å². The molecule has 0 fully saturated rings. The molecule has 17 heavy (non-hydrogen) atoms. The van der Waals surface area contributed by atoms with Crippen LogP contribution in [0.3, 0.4) is 0 Å². The second-order valence-corrected chi connectivity index (χ2v) is 5.96. The van der Waals surface area contributed by atoms with Crippen molar-refractivity contribution >= 4 is 35.1 Å². The summed E-state index contributed by atoms with van der Waals surface area (Å²) in [5.74, 6) is 0. The lowest BCUT2D eigenvalue weighted by atomic mass is 10.4. The van der Waals surface area contributed by atoms with E-state index < -0.39 is 0 Å². The molecule has 0 atom stereocenters. The molecule has 0 N–H and O–H groups in total. The minimum Gasteiger partial charge on any atom is -0.0960 e. The molecule has 0 saturated heterocycles. The number of hydrogen-bond donors (Lipinski definition) is 0. The Morgan fingerprint density at radius 3 is 1.94 bits per heavy atom. The molecule has 0 spiro atoms. The minimum absolute atomic E-state index is 0.782. The van der Waals surface area contributed by atoms with Crippen LogP contribution in [-0.4, -0.2) is 0 Å². The second kappa shape index (κ2) is 6.80. The first-order chi connectivity index (χ1) is 8.34. The molecule has 0 heterocycles. The van der Waals surface area contributed by atoms with Crippen molar-refractivity contribution in [2.45, 2.75) is 9.79 Å². The predicted molar refractivity (Wildman–Crippen MR) is 78.5 cm³/mol. The van der Waals surface area contributed by atoms with E-state index in [0.29, 0.717) is 0 Å². The summed E-state index contributed by atoms with van der Waals surface area (Å²) in [5, 5.41) is 1.97. The fourth-order valence-corrected chi connectivity index (χ4v) is 3.04. The lowest BCUT2D eigenvalue weighted by Crippen LogP contribution is -1.69. The van der Waals surface area contributed by atoms with Crippen LogP contribution in [0.15, 0.2) is 80.2 Å². The Hall–Kier alpha value is -0.830. The molecule has 0 unspecified atom stereocenters. The molecular formula is C14H11ClS2. The summed E-state index contributed by atoms with van der Waals surface area (Å²) in [5.41, 5.74) is 0. The molecule has 0 amide bonds. The van der Waals surface area contributed by atoms with Crippen molar-refractivity contribution in [1.29, 1.82) is 0 Å². The van der Waals surface area contributed by atoms with E-state index in [4.69, 9.17) is 11.6 Å². The van der Waals surface area contributed by atoms with Crippen LogP contribution in [0.4, 0.5) is 0 Å². The number of thioether (sulfide) groups is 2. The van der Waals surface area contributed by atoms with E-state index in [-0.39, 0.29) is 0 Å². The van der Waals surface area contributed by atoms with Gasteiger partial charge in [0, 0.05) is 15.2 Å². The van der Waals surface area contributed by atoms with Crippen molar-refractivity contribution < 1.29 is 0 Å². The SMILES string of the molecule is Cl/C(=C/Sc1ccccc1)Sc1ccccc1. The number of halogens is 1. The molecule has 0 bridgehead atoms. The minimum atomic E-state index is 0.782. The summed E-state index contributed by atoms with van der Waals surface area (Å²) in [4.78, 5) is 2.35. The van der Waals surface area contributed by atoms with Gasteiger partial charge in [0.2, 0.25) is 0 Å². The normalized spacial score (nSPS) is 11.5. The van der Waals surface area contributed by atoms with Gasteiger partial charge in [0.15, 0.2) is 0 Å². The Morgan fingerprint density at radius 1 is 0.824 bits per heavy atom. The highest BCUT2D eigenvalue weighted by atomic mass is 35.5. The van der Waals surface area contributed by atoms with Crippen molar-refractivity contribution in [2.75, 3.05) is 0 Å². The summed E-state index contributed by atoms with van der Waals surface area (Å²) in [6.07, 6.45) is 0. The fraction of sp³-hybridized carbons (Fsp3) is 0. The Bertz CT molecular complexity index is 480. The van der Waals surface area contributed by atoms with Gasteiger partial charge in [-0.05, 0) is 24.3 Å². The Morgan fingerprint density at radius 2 is 1.35 bits per heavy atom. The predicted octanol–water partition coefficient (Wildman–Crippen LogP) is 5.61. The van der Waals surface area contributed by atoms with Crippen molar-refractivity contribution in [3.05, 3.63) is 70.4 Å². The first kappa shape index (κ1) is 12.6. The zero-order valence-corrected chi connectivity index (χ0v) is 11.4. The van der Waals surface area contributed by atoms with E-state index in [9.17, 15) is 0 Å². The van der Waals surface area contributed by atoms with E-state index >= 15 is 0 Å². The third kappa shape index (κ3) is 4.50. The van der Waals surface area contributed by atoms with Crippen LogP contribution in [0.25, 0.3) is 0 Å². The van der Waals surface area contributed by atoms with Gasteiger partial charge in [0.05, 0.1) is 4.36 Å². The third-order valence-corrected chi connectivity index (χ3v) is 4.33. The van der Waals surface area contributed by atoms with Crippen LogP contribution in [-0.2, 0) is 0 Å². The van der Waals surface area contributed by atoms with Crippen LogP contribution in [0.2, 0.25) is 0 Å². The van der Waals surface area contributed by atoms with Gasteiger partial charge in [-0.3, -0.25) is 0 Å². The highest BCUT2D eigenvalue weighted by Gasteiger charge is 1.97. The molecule has 0 aromatic heterocycles. The molecule has 0 aliphatic carbocycles. The van der Waals surface area contributed by atoms with E-state index in [1.807, 2.05) is 53.9 Å². The van der Waals surface area contributed by atoms with E-state index in [1.54, 1.807) is 23.5 Å². The summed E-state index contributed by atoms with van der Waals surface area (Å²) in [6, 6.07) is 20.3. The van der Waals surface area contributed by atoms with Gasteiger partial charge in [-0.2, -0.15) is 0 Å². The van der Waals surface area contributed by atoms with Gasteiger partial charge in [-0.25, -0.2) is 0 Å². The molecule has 2 rings (SSSR count). The average Bonchev–Trinajstić information content (AvgIpc) is 2.39. The van der Waals surface area contributed by atoms with Crippen LogP contribution in [0.1, 0.15) is 0 Å². The Balaban J connectivity index is 1.94. The first-order valence-corrected chi connectivity index (χ1v) is 7.22. The quantitative estimate of drug-likeness (QED) is 0.667. The molecule has 3 heteroatoms. The number of benzene rings is 2. The molecule has 2 aromatic carbocycles. The summed E-state index contributed by atoms with van der Waals surface area (Å²) in [6.45, 7) is 0. The maximum atomic E-state index is 6.17. The van der Waals surface area contributed by atoms with E-state index in [0.717, 1.165) is 9.26 Å². The van der Waals surface area contributed by atoms with Crippen LogP contribution in [0, 0.1) is 0 Å². The van der Waals surface area contributed by atoms with E-state index in [1.165, 1.54) is 4.90 Å². The molecular weight excluding hydrogens is 268 g/mol. The fourth-order valence-electron chi connectivity index (χ4n) is 1.24. The molecule has 0 radical (unpaired) electrons. The first-order valence-electron chi connectivity index (χ1n) is 5.15. The molecule has 0 aliphatic heterocycles. The Labute approximate surface area is 115 Å². The van der Waals surface area contributed by atoms with Gasteiger partial charge in [-0.1, -0.05) is 71.5 Å². The topological polar surface area (TPSA) is 0 Å². The number of hydrogen-bond acceptors (Lipinski definition) is 2. The van der Waals surface area contributed by atoms with Crippen molar-refractivity contribution in [2.24, 2.45) is 0 Å². The van der Waals surface area contributed by atoms with Crippen LogP contribution >= 0.6 is 35.1 Å². The van der Waals surface area contributed by atoms with Crippen molar-refractivity contribution in [1.82, 2.24) is 0 Å². The van der Waals surface area contributed by atoms with Crippen LogP contribution < -0.4 is 0 Å². The summed E-state index contributed by atoms with van der Waals surface area (Å²) in [7, 11) is 0. The van der Waals surface area contributed by atoms with Gasteiger partial charge in [-0.15, -0.1) is 0 Å². The largest absolute Gasteiger partial charge is 0.0960 e. The van der Waals surface area contributed by atoms with Gasteiger partial charge < -0.3 is 0 Å². The zero-order chi connectivity index (χ0) is 11.9. The molecule has 0 aliphatic rings. The molecule has 0 saturated carbocycles. The monoisotopic (exact) mass is 278 g/mol. The lowest BCUT2D eigenvalue weighted by Gasteiger charge is -1.99. The number of rotatable bonds is 4. The molecule has 86 valence electrons. The maximum Gasteiger partial charge on any atom is 0.0849 e.